The van der Waals surface area contributed by atoms with E-state index in [0.717, 1.165) is 49.2 Å². The van der Waals surface area contributed by atoms with Gasteiger partial charge >= 0.3 is 0 Å². The van der Waals surface area contributed by atoms with Gasteiger partial charge in [0.25, 0.3) is 5.91 Å². The Morgan fingerprint density at radius 1 is 1.06 bits per heavy atom. The molecule has 0 radical (unpaired) electrons. The van der Waals surface area contributed by atoms with Crippen LogP contribution in [-0.4, -0.2) is 17.6 Å². The molecule has 2 aliphatic carbocycles. The molecule has 1 spiro atoms. The van der Waals surface area contributed by atoms with Crippen LogP contribution in [0, 0.1) is 0 Å². The van der Waals surface area contributed by atoms with E-state index in [-0.39, 0.29) is 17.6 Å². The van der Waals surface area contributed by atoms with Gasteiger partial charge in [-0.2, -0.15) is 0 Å². The molecule has 1 fully saturated rings. The van der Waals surface area contributed by atoms with Crippen molar-refractivity contribution in [3.63, 3.8) is 0 Å². The Hall–Kier alpha value is -2.49. The molecule has 32 heavy (non-hydrogen) atoms. The molecule has 2 atom stereocenters. The van der Waals surface area contributed by atoms with Crippen molar-refractivity contribution in [2.24, 2.45) is 0 Å². The molecule has 1 N–H and O–H groups in total. The first-order valence-electron chi connectivity index (χ1n) is 12.5. The maximum absolute atomic E-state index is 13.3. The molecule has 4 heteroatoms. The lowest BCUT2D eigenvalue weighted by Crippen LogP contribution is -2.48. The van der Waals surface area contributed by atoms with Gasteiger partial charge in [-0.15, -0.1) is 0 Å². The molecule has 4 nitrogen and oxygen atoms in total. The van der Waals surface area contributed by atoms with Crippen LogP contribution in [0.4, 0.5) is 0 Å². The number of amides is 1. The molecule has 1 heterocycles. The van der Waals surface area contributed by atoms with Crippen molar-refractivity contribution in [1.82, 2.24) is 5.32 Å². The van der Waals surface area contributed by atoms with Gasteiger partial charge in [0.05, 0.1) is 6.04 Å². The molecule has 1 aliphatic heterocycles. The summed E-state index contributed by atoms with van der Waals surface area (Å²) in [7, 11) is 0. The predicted molar refractivity (Wildman–Crippen MR) is 126 cm³/mol. The van der Waals surface area contributed by atoms with Crippen molar-refractivity contribution in [1.29, 1.82) is 0 Å². The summed E-state index contributed by atoms with van der Waals surface area (Å²) in [6, 6.07) is 14.5. The number of benzene rings is 2. The number of nitrogens with one attached hydrogen (secondary N) is 1. The number of para-hydroxylation sites is 1. The number of carbonyl (C=O) groups excluding carboxylic acids is 1. The molecule has 2 aromatic carbocycles. The fraction of sp³-hybridized carbons (Fsp3) is 0.536. The number of ether oxygens (including phenoxy) is 2. The van der Waals surface area contributed by atoms with E-state index in [1.54, 1.807) is 0 Å². The Morgan fingerprint density at radius 3 is 2.66 bits per heavy atom. The Kier molecular flexibility index (Phi) is 6.12. The zero-order valence-electron chi connectivity index (χ0n) is 19.2. The fourth-order valence-electron chi connectivity index (χ4n) is 5.78. The summed E-state index contributed by atoms with van der Waals surface area (Å²) in [5.74, 6) is 1.70. The number of carbonyl (C=O) groups is 1. The van der Waals surface area contributed by atoms with E-state index in [9.17, 15) is 4.79 Å². The summed E-state index contributed by atoms with van der Waals surface area (Å²) in [5.41, 5.74) is 3.74. The summed E-state index contributed by atoms with van der Waals surface area (Å²) >= 11 is 0. The van der Waals surface area contributed by atoms with Crippen molar-refractivity contribution < 1.29 is 14.3 Å². The van der Waals surface area contributed by atoms with Crippen LogP contribution in [0.3, 0.4) is 0 Å². The highest BCUT2D eigenvalue weighted by molar-refractivity contribution is 5.81. The second-order valence-corrected chi connectivity index (χ2v) is 9.80. The van der Waals surface area contributed by atoms with Crippen molar-refractivity contribution >= 4 is 5.91 Å². The molecule has 3 aliphatic rings. The molecule has 170 valence electrons. The summed E-state index contributed by atoms with van der Waals surface area (Å²) in [6.07, 6.45) is 11.5. The summed E-state index contributed by atoms with van der Waals surface area (Å²) in [5, 5.41) is 3.34. The van der Waals surface area contributed by atoms with E-state index in [1.807, 2.05) is 31.2 Å². The monoisotopic (exact) mass is 433 g/mol. The lowest BCUT2D eigenvalue weighted by atomic mass is 9.77. The highest BCUT2D eigenvalue weighted by Crippen LogP contribution is 2.46. The highest BCUT2D eigenvalue weighted by atomic mass is 16.5. The van der Waals surface area contributed by atoms with Crippen molar-refractivity contribution in [3.05, 3.63) is 59.2 Å². The zero-order valence-corrected chi connectivity index (χ0v) is 19.2. The normalized spacial score (nSPS) is 22.2. The average molecular weight is 434 g/mol. The van der Waals surface area contributed by atoms with Crippen molar-refractivity contribution in [2.45, 2.75) is 95.3 Å². The minimum absolute atomic E-state index is 0.0297. The molecular formula is C28H35NO3. The molecule has 1 saturated carbocycles. The third-order valence-electron chi connectivity index (χ3n) is 7.54. The molecule has 0 unspecified atom stereocenters. The van der Waals surface area contributed by atoms with E-state index in [4.69, 9.17) is 9.47 Å². The smallest absolute Gasteiger partial charge is 0.261 e. The Labute approximate surface area is 191 Å². The fourth-order valence-corrected chi connectivity index (χ4v) is 5.78. The van der Waals surface area contributed by atoms with Crippen LogP contribution in [0.15, 0.2) is 42.5 Å². The number of hydrogen-bond acceptors (Lipinski definition) is 3. The van der Waals surface area contributed by atoms with Crippen molar-refractivity contribution in [2.75, 3.05) is 0 Å². The second-order valence-electron chi connectivity index (χ2n) is 9.80. The maximum Gasteiger partial charge on any atom is 0.261 e. The van der Waals surface area contributed by atoms with Gasteiger partial charge in [0.2, 0.25) is 0 Å². The van der Waals surface area contributed by atoms with Gasteiger partial charge in [-0.3, -0.25) is 4.79 Å². The van der Waals surface area contributed by atoms with Crippen LogP contribution in [0.2, 0.25) is 0 Å². The van der Waals surface area contributed by atoms with Gasteiger partial charge in [0.15, 0.2) is 6.10 Å². The van der Waals surface area contributed by atoms with Crippen LogP contribution in [-0.2, 0) is 17.6 Å². The van der Waals surface area contributed by atoms with E-state index in [1.165, 1.54) is 43.2 Å². The first kappa shape index (κ1) is 21.4. The third-order valence-corrected chi connectivity index (χ3v) is 7.54. The van der Waals surface area contributed by atoms with Crippen LogP contribution in [0.25, 0.3) is 0 Å². The van der Waals surface area contributed by atoms with Gasteiger partial charge in [0.1, 0.15) is 17.1 Å². The number of aryl methyl sites for hydroxylation is 2. The third kappa shape index (κ3) is 4.37. The lowest BCUT2D eigenvalue weighted by Gasteiger charge is -2.44. The molecule has 0 bridgehead atoms. The Balaban J connectivity index is 1.32. The lowest BCUT2D eigenvalue weighted by molar-refractivity contribution is -0.129. The topological polar surface area (TPSA) is 47.6 Å². The first-order valence-corrected chi connectivity index (χ1v) is 12.5. The Bertz CT molecular complexity index is 963. The van der Waals surface area contributed by atoms with E-state index < -0.39 is 6.10 Å². The Morgan fingerprint density at radius 2 is 1.84 bits per heavy atom. The zero-order chi connectivity index (χ0) is 22.0. The number of rotatable bonds is 5. The van der Waals surface area contributed by atoms with Gasteiger partial charge in [-0.25, -0.2) is 0 Å². The first-order chi connectivity index (χ1) is 15.7. The van der Waals surface area contributed by atoms with Gasteiger partial charge in [-0.1, -0.05) is 37.6 Å². The van der Waals surface area contributed by atoms with Gasteiger partial charge in [-0.05, 0) is 87.1 Å². The minimum Gasteiger partial charge on any atom is -0.487 e. The average Bonchev–Trinajstić information content (AvgIpc) is 2.82. The van der Waals surface area contributed by atoms with Crippen molar-refractivity contribution in [3.8, 4) is 11.5 Å². The molecule has 2 aromatic rings. The highest BCUT2D eigenvalue weighted by Gasteiger charge is 2.42. The predicted octanol–water partition coefficient (Wildman–Crippen LogP) is 6.07. The van der Waals surface area contributed by atoms with E-state index >= 15 is 0 Å². The van der Waals surface area contributed by atoms with Crippen LogP contribution >= 0.6 is 0 Å². The summed E-state index contributed by atoms with van der Waals surface area (Å²) in [4.78, 5) is 13.3. The van der Waals surface area contributed by atoms with Gasteiger partial charge in [0, 0.05) is 12.0 Å². The van der Waals surface area contributed by atoms with Crippen LogP contribution < -0.4 is 14.8 Å². The molecular weight excluding hydrogens is 398 g/mol. The van der Waals surface area contributed by atoms with E-state index in [0.29, 0.717) is 6.42 Å². The summed E-state index contributed by atoms with van der Waals surface area (Å²) < 4.78 is 12.7. The quantitative estimate of drug-likeness (QED) is 0.623. The van der Waals surface area contributed by atoms with E-state index in [2.05, 4.69) is 23.5 Å². The van der Waals surface area contributed by atoms with Gasteiger partial charge < -0.3 is 14.8 Å². The largest absolute Gasteiger partial charge is 0.487 e. The van der Waals surface area contributed by atoms with Crippen LogP contribution in [0.1, 0.15) is 87.4 Å². The van der Waals surface area contributed by atoms with Crippen LogP contribution in [0.5, 0.6) is 11.5 Å². The molecule has 1 amide bonds. The molecule has 0 aromatic heterocycles. The maximum atomic E-state index is 13.3. The minimum atomic E-state index is -0.492. The molecule has 5 rings (SSSR count). The second kappa shape index (κ2) is 9.17. The number of fused-ring (bicyclic) bond motifs is 2. The standard InChI is InChI=1S/C28H35NO3/c1-2-25(31-22-15-14-20-10-4-5-11-21(20)18-22)27(30)29-24-19-28(16-8-3-9-17-28)32-26-13-7-6-12-23(24)26/h6-7,12-15,18,24-25H,2-5,8-11,16-17,19H2,1H3,(H,29,30)/t24-,25-/m1/s1. The number of hydrogen-bond donors (Lipinski definition) is 1. The SMILES string of the molecule is CC[C@@H](Oc1ccc2c(c1)CCCC2)C(=O)N[C@@H]1CC2(CCCCC2)Oc2ccccc21. The summed E-state index contributed by atoms with van der Waals surface area (Å²) in [6.45, 7) is 2.02. The molecule has 0 saturated heterocycles.